The number of alkyl halides is 1. The lowest BCUT2D eigenvalue weighted by molar-refractivity contribution is 0.200. The summed E-state index contributed by atoms with van der Waals surface area (Å²) in [6.45, 7) is 0. The van der Waals surface area contributed by atoms with Crippen molar-refractivity contribution in [1.29, 1.82) is 5.26 Å². The zero-order valence-corrected chi connectivity index (χ0v) is 8.49. The fraction of sp³-hybridized carbons (Fsp3) is 0.875. The van der Waals surface area contributed by atoms with Gasteiger partial charge in [-0.2, -0.15) is 5.26 Å². The summed E-state index contributed by atoms with van der Waals surface area (Å²) in [5.74, 6) is 0.778. The number of nitrogens with zero attached hydrogens (tertiary/aromatic N) is 1. The van der Waals surface area contributed by atoms with Crippen LogP contribution < -0.4 is 0 Å². The zero-order chi connectivity index (χ0) is 8.27. The van der Waals surface area contributed by atoms with Gasteiger partial charge >= 0.3 is 0 Å². The Morgan fingerprint density at radius 3 is 2.64 bits per heavy atom. The second-order valence-corrected chi connectivity index (χ2v) is 4.72. The van der Waals surface area contributed by atoms with Crippen LogP contribution in [0.25, 0.3) is 0 Å². The Hall–Kier alpha value is 0.180. The smallest absolute Gasteiger partial charge is 0.152 e. The standard InChI is InChI=1S/C8H12INO/c9-7(8(11)5-10)4-6-2-1-3-6/h6-8,11H,1-4H2. The lowest BCUT2D eigenvalue weighted by Crippen LogP contribution is -2.24. The highest BCUT2D eigenvalue weighted by Gasteiger charge is 2.24. The number of hydrogen-bond donors (Lipinski definition) is 1. The molecule has 11 heavy (non-hydrogen) atoms. The highest BCUT2D eigenvalue weighted by molar-refractivity contribution is 14.1. The van der Waals surface area contributed by atoms with E-state index in [-0.39, 0.29) is 3.92 Å². The minimum atomic E-state index is -0.767. The van der Waals surface area contributed by atoms with E-state index in [2.05, 4.69) is 22.6 Å². The summed E-state index contributed by atoms with van der Waals surface area (Å²) in [5, 5.41) is 17.5. The fourth-order valence-corrected chi connectivity index (χ4v) is 2.14. The molecule has 1 fully saturated rings. The van der Waals surface area contributed by atoms with Gasteiger partial charge in [0.15, 0.2) is 6.10 Å². The molecule has 0 heterocycles. The van der Waals surface area contributed by atoms with Gasteiger partial charge in [0, 0.05) is 0 Å². The van der Waals surface area contributed by atoms with Crippen molar-refractivity contribution in [2.24, 2.45) is 5.92 Å². The maximum absolute atomic E-state index is 9.13. The molecule has 1 saturated carbocycles. The second kappa shape index (κ2) is 4.27. The third-order valence-electron chi connectivity index (χ3n) is 2.26. The Kier molecular flexibility index (Phi) is 3.60. The van der Waals surface area contributed by atoms with Crippen molar-refractivity contribution in [2.45, 2.75) is 35.7 Å². The van der Waals surface area contributed by atoms with Crippen LogP contribution in [-0.2, 0) is 0 Å². The second-order valence-electron chi connectivity index (χ2n) is 3.12. The van der Waals surface area contributed by atoms with E-state index in [9.17, 15) is 0 Å². The molecule has 0 aromatic rings. The molecule has 1 rings (SSSR count). The Morgan fingerprint density at radius 1 is 1.64 bits per heavy atom. The van der Waals surface area contributed by atoms with E-state index in [1.54, 1.807) is 0 Å². The summed E-state index contributed by atoms with van der Waals surface area (Å²) in [7, 11) is 0. The lowest BCUT2D eigenvalue weighted by Gasteiger charge is -2.27. The monoisotopic (exact) mass is 265 g/mol. The van der Waals surface area contributed by atoms with Crippen molar-refractivity contribution < 1.29 is 5.11 Å². The maximum atomic E-state index is 9.13. The van der Waals surface area contributed by atoms with E-state index in [0.717, 1.165) is 12.3 Å². The molecule has 3 heteroatoms. The maximum Gasteiger partial charge on any atom is 0.152 e. The molecule has 0 saturated heterocycles. The first-order valence-corrected chi connectivity index (χ1v) is 5.20. The van der Waals surface area contributed by atoms with Crippen molar-refractivity contribution >= 4 is 22.6 Å². The van der Waals surface area contributed by atoms with Crippen molar-refractivity contribution in [2.75, 3.05) is 0 Å². The van der Waals surface area contributed by atoms with Crippen LogP contribution in [0, 0.1) is 17.2 Å². The number of aliphatic hydroxyl groups excluding tert-OH is 1. The summed E-state index contributed by atoms with van der Waals surface area (Å²) in [5.41, 5.74) is 0. The highest BCUT2D eigenvalue weighted by atomic mass is 127. The van der Waals surface area contributed by atoms with Crippen LogP contribution in [0.1, 0.15) is 25.7 Å². The largest absolute Gasteiger partial charge is 0.377 e. The number of hydrogen-bond acceptors (Lipinski definition) is 2. The van der Waals surface area contributed by atoms with Crippen LogP contribution in [0.3, 0.4) is 0 Å². The molecule has 0 aliphatic heterocycles. The van der Waals surface area contributed by atoms with Crippen LogP contribution in [-0.4, -0.2) is 15.1 Å². The minimum absolute atomic E-state index is 0.128. The molecule has 0 spiro atoms. The number of aliphatic hydroxyl groups is 1. The van der Waals surface area contributed by atoms with Gasteiger partial charge in [0.25, 0.3) is 0 Å². The Labute approximate surface area is 80.7 Å². The zero-order valence-electron chi connectivity index (χ0n) is 6.33. The average Bonchev–Trinajstić information content (AvgIpc) is 1.94. The highest BCUT2D eigenvalue weighted by Crippen LogP contribution is 2.33. The predicted octanol–water partition coefficient (Wildman–Crippen LogP) is 1.86. The van der Waals surface area contributed by atoms with Gasteiger partial charge in [-0.1, -0.05) is 41.9 Å². The first-order chi connectivity index (χ1) is 5.24. The van der Waals surface area contributed by atoms with Gasteiger partial charge in [-0.05, 0) is 12.3 Å². The Morgan fingerprint density at radius 2 is 2.27 bits per heavy atom. The van der Waals surface area contributed by atoms with E-state index in [0.29, 0.717) is 0 Å². The molecular weight excluding hydrogens is 253 g/mol. The van der Waals surface area contributed by atoms with Gasteiger partial charge in [-0.15, -0.1) is 0 Å². The van der Waals surface area contributed by atoms with E-state index < -0.39 is 6.10 Å². The molecule has 2 atom stereocenters. The van der Waals surface area contributed by atoms with Crippen molar-refractivity contribution in [1.82, 2.24) is 0 Å². The van der Waals surface area contributed by atoms with Crippen molar-refractivity contribution in [3.63, 3.8) is 0 Å². The van der Waals surface area contributed by atoms with Crippen molar-refractivity contribution in [3.8, 4) is 6.07 Å². The minimum Gasteiger partial charge on any atom is -0.377 e. The van der Waals surface area contributed by atoms with Gasteiger partial charge in [-0.3, -0.25) is 0 Å². The molecule has 0 amide bonds. The van der Waals surface area contributed by atoms with Gasteiger partial charge in [0.1, 0.15) is 0 Å². The topological polar surface area (TPSA) is 44.0 Å². The average molecular weight is 265 g/mol. The molecule has 0 radical (unpaired) electrons. The van der Waals surface area contributed by atoms with E-state index in [4.69, 9.17) is 10.4 Å². The summed E-state index contributed by atoms with van der Waals surface area (Å²) in [6, 6.07) is 1.87. The quantitative estimate of drug-likeness (QED) is 0.481. The summed E-state index contributed by atoms with van der Waals surface area (Å²) >= 11 is 2.17. The molecular formula is C8H12INO. The first kappa shape index (κ1) is 9.27. The van der Waals surface area contributed by atoms with E-state index in [1.165, 1.54) is 19.3 Å². The molecule has 2 nitrogen and oxygen atoms in total. The van der Waals surface area contributed by atoms with E-state index in [1.807, 2.05) is 6.07 Å². The number of nitriles is 1. The molecule has 1 aliphatic carbocycles. The Balaban J connectivity index is 2.19. The first-order valence-electron chi connectivity index (χ1n) is 3.96. The predicted molar refractivity (Wildman–Crippen MR) is 51.4 cm³/mol. The van der Waals surface area contributed by atoms with Crippen LogP contribution in [0.2, 0.25) is 0 Å². The van der Waals surface area contributed by atoms with Crippen LogP contribution in [0.5, 0.6) is 0 Å². The number of rotatable bonds is 3. The molecule has 2 unspecified atom stereocenters. The van der Waals surface area contributed by atoms with Crippen LogP contribution >= 0.6 is 22.6 Å². The third-order valence-corrected chi connectivity index (χ3v) is 3.45. The summed E-state index contributed by atoms with van der Waals surface area (Å²) in [6.07, 6.45) is 4.15. The molecule has 62 valence electrons. The molecule has 1 N–H and O–H groups in total. The van der Waals surface area contributed by atoms with Crippen LogP contribution in [0.4, 0.5) is 0 Å². The van der Waals surface area contributed by atoms with Gasteiger partial charge in [-0.25, -0.2) is 0 Å². The van der Waals surface area contributed by atoms with Gasteiger partial charge < -0.3 is 5.11 Å². The van der Waals surface area contributed by atoms with Gasteiger partial charge in [0.2, 0.25) is 0 Å². The molecule has 0 aromatic carbocycles. The normalized spacial score (nSPS) is 23.4. The number of halogens is 1. The third kappa shape index (κ3) is 2.60. The Bertz CT molecular complexity index is 162. The summed E-state index contributed by atoms with van der Waals surface area (Å²) < 4.78 is 0.128. The molecule has 1 aliphatic rings. The molecule has 0 bridgehead atoms. The van der Waals surface area contributed by atoms with Crippen molar-refractivity contribution in [3.05, 3.63) is 0 Å². The lowest BCUT2D eigenvalue weighted by atomic mass is 9.81. The van der Waals surface area contributed by atoms with Gasteiger partial charge in [0.05, 0.1) is 9.99 Å². The van der Waals surface area contributed by atoms with Crippen LogP contribution in [0.15, 0.2) is 0 Å². The summed E-state index contributed by atoms with van der Waals surface area (Å²) in [4.78, 5) is 0. The fourth-order valence-electron chi connectivity index (χ4n) is 1.26. The molecule has 0 aromatic heterocycles. The van der Waals surface area contributed by atoms with E-state index >= 15 is 0 Å². The SMILES string of the molecule is N#CC(O)C(I)CC1CCC1.